The van der Waals surface area contributed by atoms with Gasteiger partial charge in [0.1, 0.15) is 5.82 Å². The van der Waals surface area contributed by atoms with Crippen molar-refractivity contribution in [2.45, 2.75) is 39.3 Å². The van der Waals surface area contributed by atoms with E-state index in [4.69, 9.17) is 23.2 Å². The maximum absolute atomic E-state index is 13.7. The lowest BCUT2D eigenvalue weighted by Crippen LogP contribution is -2.55. The SMILES string of the molecule is CC(=O)N(C(C)C)C(C)(C(=O)O)c1cc(F)c(Cl)cc1Cl. The number of amides is 1. The molecule has 116 valence electrons. The molecule has 4 nitrogen and oxygen atoms in total. The molecule has 0 heterocycles. The van der Waals surface area contributed by atoms with E-state index in [1.165, 1.54) is 13.8 Å². The second-order valence-electron chi connectivity index (χ2n) is 5.11. The second-order valence-corrected chi connectivity index (χ2v) is 5.92. The highest BCUT2D eigenvalue weighted by Crippen LogP contribution is 2.37. The third kappa shape index (κ3) is 3.14. The summed E-state index contributed by atoms with van der Waals surface area (Å²) < 4.78 is 13.7. The first kappa shape index (κ1) is 17.7. The van der Waals surface area contributed by atoms with Crippen molar-refractivity contribution in [2.24, 2.45) is 0 Å². The van der Waals surface area contributed by atoms with Gasteiger partial charge in [-0.25, -0.2) is 9.18 Å². The molecule has 0 aliphatic carbocycles. The first-order chi connectivity index (χ1) is 9.53. The molecule has 0 fully saturated rings. The number of benzene rings is 1. The van der Waals surface area contributed by atoms with Crippen LogP contribution in [0.5, 0.6) is 0 Å². The average molecular weight is 336 g/mol. The molecule has 7 heteroatoms. The molecule has 0 saturated carbocycles. The van der Waals surface area contributed by atoms with E-state index in [9.17, 15) is 19.1 Å². The summed E-state index contributed by atoms with van der Waals surface area (Å²) in [7, 11) is 0. The minimum atomic E-state index is -1.80. The zero-order chi connectivity index (χ0) is 16.5. The zero-order valence-corrected chi connectivity index (χ0v) is 13.6. The van der Waals surface area contributed by atoms with Crippen LogP contribution in [0.15, 0.2) is 12.1 Å². The number of carboxylic acid groups (broad SMARTS) is 1. The lowest BCUT2D eigenvalue weighted by atomic mass is 9.88. The molecule has 0 aromatic heterocycles. The van der Waals surface area contributed by atoms with E-state index in [1.54, 1.807) is 13.8 Å². The third-order valence-corrected chi connectivity index (χ3v) is 3.89. The topological polar surface area (TPSA) is 57.6 Å². The van der Waals surface area contributed by atoms with Gasteiger partial charge in [-0.3, -0.25) is 4.79 Å². The summed E-state index contributed by atoms with van der Waals surface area (Å²) >= 11 is 11.7. The number of carboxylic acids is 1. The van der Waals surface area contributed by atoms with Crippen LogP contribution < -0.4 is 0 Å². The first-order valence-electron chi connectivity index (χ1n) is 6.21. The Kier molecular flexibility index (Phi) is 5.23. The van der Waals surface area contributed by atoms with Crippen LogP contribution in [0.3, 0.4) is 0 Å². The minimum Gasteiger partial charge on any atom is -0.479 e. The van der Waals surface area contributed by atoms with Crippen LogP contribution in [0.1, 0.15) is 33.3 Å². The van der Waals surface area contributed by atoms with Crippen molar-refractivity contribution in [1.82, 2.24) is 4.90 Å². The van der Waals surface area contributed by atoms with Crippen LogP contribution in [0.25, 0.3) is 0 Å². The van der Waals surface area contributed by atoms with Gasteiger partial charge in [0.25, 0.3) is 0 Å². The molecule has 1 aromatic carbocycles. The van der Waals surface area contributed by atoms with Gasteiger partial charge >= 0.3 is 5.97 Å². The van der Waals surface area contributed by atoms with Gasteiger partial charge in [-0.2, -0.15) is 0 Å². The summed E-state index contributed by atoms with van der Waals surface area (Å²) in [6.45, 7) is 5.90. The molecule has 0 aliphatic rings. The molecular formula is C14H16Cl2FNO3. The molecule has 1 rings (SSSR count). The van der Waals surface area contributed by atoms with Crippen LogP contribution in [-0.2, 0) is 15.1 Å². The highest BCUT2D eigenvalue weighted by molar-refractivity contribution is 6.35. The zero-order valence-electron chi connectivity index (χ0n) is 12.1. The number of hydrogen-bond acceptors (Lipinski definition) is 2. The maximum Gasteiger partial charge on any atom is 0.334 e. The Bertz CT molecular complexity index is 592. The van der Waals surface area contributed by atoms with Crippen molar-refractivity contribution in [2.75, 3.05) is 0 Å². The van der Waals surface area contributed by atoms with Crippen LogP contribution in [0.2, 0.25) is 10.0 Å². The summed E-state index contributed by atoms with van der Waals surface area (Å²) in [5, 5.41) is 9.40. The van der Waals surface area contributed by atoms with Gasteiger partial charge in [-0.1, -0.05) is 23.2 Å². The summed E-state index contributed by atoms with van der Waals surface area (Å²) in [5.41, 5.74) is -1.83. The van der Waals surface area contributed by atoms with Gasteiger partial charge in [-0.15, -0.1) is 0 Å². The Balaban J connectivity index is 3.66. The fourth-order valence-electron chi connectivity index (χ4n) is 2.44. The molecule has 1 N–H and O–H groups in total. The molecule has 0 aliphatic heterocycles. The van der Waals surface area contributed by atoms with Gasteiger partial charge in [0.2, 0.25) is 5.91 Å². The highest BCUT2D eigenvalue weighted by Gasteiger charge is 2.46. The fraction of sp³-hybridized carbons (Fsp3) is 0.429. The fourth-order valence-corrected chi connectivity index (χ4v) is 3.01. The predicted molar refractivity (Wildman–Crippen MR) is 79.1 cm³/mol. The van der Waals surface area contributed by atoms with Crippen LogP contribution in [0, 0.1) is 5.82 Å². The highest BCUT2D eigenvalue weighted by atomic mass is 35.5. The molecule has 1 unspecified atom stereocenters. The summed E-state index contributed by atoms with van der Waals surface area (Å²) in [6.07, 6.45) is 0. The molecule has 21 heavy (non-hydrogen) atoms. The standard InChI is InChI=1S/C14H16Cl2FNO3/c1-7(2)18(8(3)19)14(4,13(20)21)9-5-12(17)11(16)6-10(9)15/h5-7H,1-4H3,(H,20,21). The van der Waals surface area contributed by atoms with E-state index in [0.29, 0.717) is 0 Å². The number of rotatable bonds is 4. The maximum atomic E-state index is 13.7. The largest absolute Gasteiger partial charge is 0.479 e. The minimum absolute atomic E-state index is 0.0156. The van der Waals surface area contributed by atoms with Gasteiger partial charge in [-0.05, 0) is 32.9 Å². The molecule has 1 atom stereocenters. The molecule has 0 bridgehead atoms. The van der Waals surface area contributed by atoms with E-state index in [-0.39, 0.29) is 15.6 Å². The first-order valence-corrected chi connectivity index (χ1v) is 6.97. The third-order valence-electron chi connectivity index (χ3n) is 3.29. The molecule has 1 aromatic rings. The van der Waals surface area contributed by atoms with E-state index < -0.39 is 29.3 Å². The number of hydrogen-bond donors (Lipinski definition) is 1. The van der Waals surface area contributed by atoms with Crippen molar-refractivity contribution in [3.8, 4) is 0 Å². The van der Waals surface area contributed by atoms with Gasteiger partial charge in [0, 0.05) is 23.6 Å². The van der Waals surface area contributed by atoms with Crippen molar-refractivity contribution in [3.05, 3.63) is 33.6 Å². The number of carbonyl (C=O) groups excluding carboxylic acids is 1. The molecule has 0 saturated heterocycles. The Morgan fingerprint density at radius 3 is 2.19 bits per heavy atom. The Hall–Kier alpha value is -1.33. The smallest absolute Gasteiger partial charge is 0.334 e. The van der Waals surface area contributed by atoms with Gasteiger partial charge in [0.05, 0.1) is 5.02 Å². The molecular weight excluding hydrogens is 320 g/mol. The Morgan fingerprint density at radius 1 is 1.29 bits per heavy atom. The predicted octanol–water partition coefficient (Wildman–Crippen LogP) is 3.69. The van der Waals surface area contributed by atoms with Crippen LogP contribution >= 0.6 is 23.2 Å². The molecule has 0 spiro atoms. The van der Waals surface area contributed by atoms with E-state index in [1.807, 2.05) is 0 Å². The van der Waals surface area contributed by atoms with Gasteiger partial charge < -0.3 is 10.0 Å². The normalized spacial score (nSPS) is 13.9. The monoisotopic (exact) mass is 335 g/mol. The van der Waals surface area contributed by atoms with Crippen LogP contribution in [-0.4, -0.2) is 27.9 Å². The van der Waals surface area contributed by atoms with E-state index >= 15 is 0 Å². The lowest BCUT2D eigenvalue weighted by Gasteiger charge is -2.41. The van der Waals surface area contributed by atoms with Crippen molar-refractivity contribution in [1.29, 1.82) is 0 Å². The summed E-state index contributed by atoms with van der Waals surface area (Å²) in [4.78, 5) is 24.8. The number of halogens is 3. The van der Waals surface area contributed by atoms with Crippen molar-refractivity contribution in [3.63, 3.8) is 0 Å². The number of carbonyl (C=O) groups is 2. The van der Waals surface area contributed by atoms with E-state index in [0.717, 1.165) is 17.0 Å². The molecule has 0 radical (unpaired) electrons. The lowest BCUT2D eigenvalue weighted by molar-refractivity contribution is -0.160. The summed E-state index contributed by atoms with van der Waals surface area (Å²) in [5.74, 6) is -2.56. The van der Waals surface area contributed by atoms with Crippen molar-refractivity contribution < 1.29 is 19.1 Å². The van der Waals surface area contributed by atoms with Gasteiger partial charge in [0.15, 0.2) is 5.54 Å². The van der Waals surface area contributed by atoms with Crippen LogP contribution in [0.4, 0.5) is 4.39 Å². The number of aliphatic carboxylic acids is 1. The Morgan fingerprint density at radius 2 is 1.81 bits per heavy atom. The second kappa shape index (κ2) is 6.20. The number of nitrogens with zero attached hydrogens (tertiary/aromatic N) is 1. The average Bonchev–Trinajstić information content (AvgIpc) is 2.32. The Labute approximate surface area is 132 Å². The van der Waals surface area contributed by atoms with E-state index in [2.05, 4.69) is 0 Å². The summed E-state index contributed by atoms with van der Waals surface area (Å²) in [6, 6.07) is 1.67. The molecule has 1 amide bonds. The van der Waals surface area contributed by atoms with Crippen molar-refractivity contribution >= 4 is 35.1 Å². The quantitative estimate of drug-likeness (QED) is 0.853.